The maximum Gasteiger partial charge on any atom is 0.261 e. The van der Waals surface area contributed by atoms with Gasteiger partial charge in [0.1, 0.15) is 23.7 Å². The Kier molecular flexibility index (Phi) is 4.85. The van der Waals surface area contributed by atoms with Crippen LogP contribution in [-0.2, 0) is 9.53 Å². The van der Waals surface area contributed by atoms with Gasteiger partial charge in [0.15, 0.2) is 0 Å². The van der Waals surface area contributed by atoms with E-state index in [4.69, 9.17) is 14.2 Å². The highest BCUT2D eigenvalue weighted by Crippen LogP contribution is 2.34. The maximum atomic E-state index is 13.0. The quantitative estimate of drug-likeness (QED) is 0.820. The SMILES string of the molecule is COc1cccc(OC)c1C(=O)N1CCC2(CC1)CN(C)C(=O)CO2. The number of morpholine rings is 1. The van der Waals surface area contributed by atoms with E-state index in [9.17, 15) is 9.59 Å². The van der Waals surface area contributed by atoms with E-state index in [2.05, 4.69) is 0 Å². The molecule has 1 spiro atoms. The summed E-state index contributed by atoms with van der Waals surface area (Å²) in [5.41, 5.74) is 0.102. The number of nitrogens with zero attached hydrogens (tertiary/aromatic N) is 2. The number of piperidine rings is 1. The number of likely N-dealkylation sites (tertiary alicyclic amines) is 1. The van der Waals surface area contributed by atoms with E-state index in [1.54, 1.807) is 49.3 Å². The van der Waals surface area contributed by atoms with Crippen molar-refractivity contribution in [3.8, 4) is 11.5 Å². The molecule has 7 heteroatoms. The van der Waals surface area contributed by atoms with Crippen molar-refractivity contribution >= 4 is 11.8 Å². The zero-order valence-electron chi connectivity index (χ0n) is 14.9. The predicted octanol–water partition coefficient (Wildman–Crippen LogP) is 1.17. The first kappa shape index (κ1) is 17.5. The van der Waals surface area contributed by atoms with E-state index in [-0.39, 0.29) is 24.0 Å². The zero-order valence-corrected chi connectivity index (χ0v) is 14.9. The van der Waals surface area contributed by atoms with Crippen molar-refractivity contribution in [2.75, 3.05) is 47.5 Å². The van der Waals surface area contributed by atoms with Crippen molar-refractivity contribution in [2.45, 2.75) is 18.4 Å². The molecule has 2 saturated heterocycles. The molecule has 7 nitrogen and oxygen atoms in total. The molecule has 3 rings (SSSR count). The van der Waals surface area contributed by atoms with Gasteiger partial charge in [0.05, 0.1) is 19.8 Å². The molecule has 0 radical (unpaired) electrons. The summed E-state index contributed by atoms with van der Waals surface area (Å²) in [6.45, 7) is 1.83. The fourth-order valence-electron chi connectivity index (χ4n) is 3.53. The van der Waals surface area contributed by atoms with Crippen LogP contribution < -0.4 is 9.47 Å². The molecule has 0 aromatic heterocycles. The van der Waals surface area contributed by atoms with Crippen LogP contribution in [0.1, 0.15) is 23.2 Å². The summed E-state index contributed by atoms with van der Waals surface area (Å²) in [5, 5.41) is 0. The number of ether oxygens (including phenoxy) is 3. The highest BCUT2D eigenvalue weighted by molar-refractivity contribution is 5.99. The lowest BCUT2D eigenvalue weighted by atomic mass is 9.89. The Balaban J connectivity index is 1.73. The van der Waals surface area contributed by atoms with Crippen LogP contribution >= 0.6 is 0 Å². The van der Waals surface area contributed by atoms with Crippen molar-refractivity contribution in [3.05, 3.63) is 23.8 Å². The Hall–Kier alpha value is -2.28. The molecule has 2 amide bonds. The fraction of sp³-hybridized carbons (Fsp3) is 0.556. The molecule has 2 aliphatic heterocycles. The molecule has 0 saturated carbocycles. The van der Waals surface area contributed by atoms with E-state index in [0.29, 0.717) is 49.5 Å². The van der Waals surface area contributed by atoms with Crippen LogP contribution in [0, 0.1) is 0 Å². The molecular formula is C18H24N2O5. The molecule has 0 unspecified atom stereocenters. The second kappa shape index (κ2) is 6.92. The third-order valence-corrected chi connectivity index (χ3v) is 5.06. The second-order valence-corrected chi connectivity index (χ2v) is 6.55. The third kappa shape index (κ3) is 3.28. The van der Waals surface area contributed by atoms with Gasteiger partial charge in [-0.3, -0.25) is 9.59 Å². The molecule has 0 atom stereocenters. The minimum atomic E-state index is -0.343. The van der Waals surface area contributed by atoms with Crippen LogP contribution in [0.15, 0.2) is 18.2 Å². The van der Waals surface area contributed by atoms with Crippen molar-refractivity contribution in [1.29, 1.82) is 0 Å². The number of methoxy groups -OCH3 is 2. The molecule has 0 N–H and O–H groups in total. The Labute approximate surface area is 147 Å². The highest BCUT2D eigenvalue weighted by atomic mass is 16.5. The molecule has 25 heavy (non-hydrogen) atoms. The summed E-state index contributed by atoms with van der Waals surface area (Å²) in [5.74, 6) is 0.903. The van der Waals surface area contributed by atoms with E-state index < -0.39 is 0 Å². The largest absolute Gasteiger partial charge is 0.496 e. The van der Waals surface area contributed by atoms with E-state index in [1.807, 2.05) is 0 Å². The monoisotopic (exact) mass is 348 g/mol. The number of amides is 2. The number of hydrogen-bond donors (Lipinski definition) is 0. The van der Waals surface area contributed by atoms with Crippen LogP contribution in [0.3, 0.4) is 0 Å². The summed E-state index contributed by atoms with van der Waals surface area (Å²) in [6, 6.07) is 5.31. The van der Waals surface area contributed by atoms with Gasteiger partial charge in [0, 0.05) is 26.7 Å². The van der Waals surface area contributed by atoms with Gasteiger partial charge >= 0.3 is 0 Å². The molecule has 1 aromatic carbocycles. The Morgan fingerprint density at radius 3 is 2.28 bits per heavy atom. The number of hydrogen-bond acceptors (Lipinski definition) is 5. The van der Waals surface area contributed by atoms with Gasteiger partial charge in [0.2, 0.25) is 5.91 Å². The Bertz CT molecular complexity index is 645. The molecule has 0 aliphatic carbocycles. The van der Waals surface area contributed by atoms with Crippen LogP contribution in [0.25, 0.3) is 0 Å². The first-order chi connectivity index (χ1) is 12.0. The fourth-order valence-corrected chi connectivity index (χ4v) is 3.53. The number of benzene rings is 1. The molecule has 2 fully saturated rings. The summed E-state index contributed by atoms with van der Waals surface area (Å²) in [7, 11) is 4.88. The van der Waals surface area contributed by atoms with Gasteiger partial charge in [-0.1, -0.05) is 6.07 Å². The van der Waals surface area contributed by atoms with Crippen molar-refractivity contribution in [1.82, 2.24) is 9.80 Å². The van der Waals surface area contributed by atoms with Gasteiger partial charge in [-0.15, -0.1) is 0 Å². The number of carbonyl (C=O) groups excluding carboxylic acids is 2. The van der Waals surface area contributed by atoms with E-state index in [0.717, 1.165) is 0 Å². The van der Waals surface area contributed by atoms with E-state index >= 15 is 0 Å². The summed E-state index contributed by atoms with van der Waals surface area (Å²) in [4.78, 5) is 28.1. The topological polar surface area (TPSA) is 68.3 Å². The van der Waals surface area contributed by atoms with E-state index in [1.165, 1.54) is 0 Å². The van der Waals surface area contributed by atoms with Crippen molar-refractivity contribution in [3.63, 3.8) is 0 Å². The zero-order chi connectivity index (χ0) is 18.0. The van der Waals surface area contributed by atoms with Crippen LogP contribution in [-0.4, -0.2) is 74.7 Å². The standard InChI is InChI=1S/C18H24N2O5/c1-19-12-18(25-11-15(19)21)7-9-20(10-8-18)17(22)16-13(23-2)5-4-6-14(16)24-3/h4-6H,7-12H2,1-3H3. The van der Waals surface area contributed by atoms with Crippen molar-refractivity contribution in [2.24, 2.45) is 0 Å². The lowest BCUT2D eigenvalue weighted by Crippen LogP contribution is -2.58. The van der Waals surface area contributed by atoms with Crippen molar-refractivity contribution < 1.29 is 23.8 Å². The first-order valence-corrected chi connectivity index (χ1v) is 8.38. The summed E-state index contributed by atoms with van der Waals surface area (Å²) < 4.78 is 16.5. The van der Waals surface area contributed by atoms with Gasteiger partial charge in [-0.2, -0.15) is 0 Å². The molecule has 2 aliphatic rings. The Morgan fingerprint density at radius 2 is 1.76 bits per heavy atom. The predicted molar refractivity (Wildman–Crippen MR) is 91.0 cm³/mol. The lowest BCUT2D eigenvalue weighted by molar-refractivity contribution is -0.167. The van der Waals surface area contributed by atoms with Gasteiger partial charge < -0.3 is 24.0 Å². The van der Waals surface area contributed by atoms with Crippen LogP contribution in [0.4, 0.5) is 0 Å². The lowest BCUT2D eigenvalue weighted by Gasteiger charge is -2.46. The average Bonchev–Trinajstić information content (AvgIpc) is 2.64. The summed E-state index contributed by atoms with van der Waals surface area (Å²) >= 11 is 0. The number of likely N-dealkylation sites (N-methyl/N-ethyl adjacent to an activating group) is 1. The number of carbonyl (C=O) groups is 2. The average molecular weight is 348 g/mol. The molecule has 2 heterocycles. The first-order valence-electron chi connectivity index (χ1n) is 8.38. The Morgan fingerprint density at radius 1 is 1.16 bits per heavy atom. The second-order valence-electron chi connectivity index (χ2n) is 6.55. The smallest absolute Gasteiger partial charge is 0.261 e. The third-order valence-electron chi connectivity index (χ3n) is 5.06. The molecular weight excluding hydrogens is 324 g/mol. The number of rotatable bonds is 3. The minimum Gasteiger partial charge on any atom is -0.496 e. The van der Waals surface area contributed by atoms with Crippen LogP contribution in [0.5, 0.6) is 11.5 Å². The van der Waals surface area contributed by atoms with Gasteiger partial charge in [-0.25, -0.2) is 0 Å². The highest BCUT2D eigenvalue weighted by Gasteiger charge is 2.42. The molecule has 1 aromatic rings. The van der Waals surface area contributed by atoms with Crippen LogP contribution in [0.2, 0.25) is 0 Å². The van der Waals surface area contributed by atoms with Gasteiger partial charge in [0.25, 0.3) is 5.91 Å². The summed E-state index contributed by atoms with van der Waals surface area (Å²) in [6.07, 6.45) is 1.40. The molecule has 136 valence electrons. The van der Waals surface area contributed by atoms with Gasteiger partial charge in [-0.05, 0) is 25.0 Å². The molecule has 0 bridgehead atoms. The minimum absolute atomic E-state index is 0.00268. The normalized spacial score (nSPS) is 19.9. The maximum absolute atomic E-state index is 13.0.